The fourth-order valence-electron chi connectivity index (χ4n) is 1.50. The third-order valence-corrected chi connectivity index (χ3v) is 3.41. The minimum Gasteiger partial charge on any atom is -0.399 e. The first kappa shape index (κ1) is 11.1. The molecule has 0 spiro atoms. The summed E-state index contributed by atoms with van der Waals surface area (Å²) in [5.74, 6) is 0. The van der Waals surface area contributed by atoms with E-state index in [2.05, 4.69) is 4.98 Å². The SMILES string of the molecule is CC1(C)OB(c2c[nH]c(Cl)c2)OC1(C)C. The van der Waals surface area contributed by atoms with Crippen molar-refractivity contribution in [3.63, 3.8) is 0 Å². The van der Waals surface area contributed by atoms with Crippen LogP contribution in [0.4, 0.5) is 0 Å². The van der Waals surface area contributed by atoms with Gasteiger partial charge >= 0.3 is 7.12 Å². The van der Waals surface area contributed by atoms with Crippen molar-refractivity contribution in [2.45, 2.75) is 38.9 Å². The van der Waals surface area contributed by atoms with Crippen LogP contribution in [0.15, 0.2) is 12.3 Å². The highest BCUT2D eigenvalue weighted by atomic mass is 35.5. The van der Waals surface area contributed by atoms with Crippen LogP contribution in [0.5, 0.6) is 0 Å². The highest BCUT2D eigenvalue weighted by Crippen LogP contribution is 2.36. The van der Waals surface area contributed by atoms with Crippen molar-refractivity contribution in [1.82, 2.24) is 4.98 Å². The Hall–Kier alpha value is -0.445. The van der Waals surface area contributed by atoms with E-state index in [0.717, 1.165) is 5.46 Å². The summed E-state index contributed by atoms with van der Waals surface area (Å²) >= 11 is 5.81. The normalized spacial score (nSPS) is 23.4. The molecule has 0 amide bonds. The van der Waals surface area contributed by atoms with Gasteiger partial charge in [0.2, 0.25) is 0 Å². The Balaban J connectivity index is 2.23. The molecule has 1 aromatic heterocycles. The van der Waals surface area contributed by atoms with Crippen LogP contribution >= 0.6 is 11.6 Å². The maximum Gasteiger partial charge on any atom is 0.496 e. The number of hydrogen-bond donors (Lipinski definition) is 1. The molecule has 5 heteroatoms. The molecule has 1 saturated heterocycles. The van der Waals surface area contributed by atoms with Crippen LogP contribution in [0.3, 0.4) is 0 Å². The highest BCUT2D eigenvalue weighted by molar-refractivity contribution is 6.62. The van der Waals surface area contributed by atoms with Crippen LogP contribution < -0.4 is 5.46 Å². The number of aromatic amines is 1. The molecule has 0 aliphatic carbocycles. The van der Waals surface area contributed by atoms with Crippen molar-refractivity contribution in [3.8, 4) is 0 Å². The lowest BCUT2D eigenvalue weighted by Crippen LogP contribution is -2.41. The van der Waals surface area contributed by atoms with Crippen molar-refractivity contribution < 1.29 is 9.31 Å². The minimum absolute atomic E-state index is 0.304. The monoisotopic (exact) mass is 227 g/mol. The quantitative estimate of drug-likeness (QED) is 0.745. The van der Waals surface area contributed by atoms with E-state index < -0.39 is 0 Å². The molecule has 1 N–H and O–H groups in total. The third-order valence-electron chi connectivity index (χ3n) is 3.20. The van der Waals surface area contributed by atoms with Gasteiger partial charge in [0.05, 0.1) is 11.2 Å². The summed E-state index contributed by atoms with van der Waals surface area (Å²) in [5.41, 5.74) is 0.321. The maximum atomic E-state index is 5.86. The van der Waals surface area contributed by atoms with Gasteiger partial charge in [-0.2, -0.15) is 0 Å². The number of H-pyrrole nitrogens is 1. The topological polar surface area (TPSA) is 34.2 Å². The molecule has 1 aliphatic rings. The van der Waals surface area contributed by atoms with E-state index in [0.29, 0.717) is 5.15 Å². The summed E-state index contributed by atoms with van der Waals surface area (Å²) in [6.07, 6.45) is 1.81. The smallest absolute Gasteiger partial charge is 0.399 e. The lowest BCUT2D eigenvalue weighted by Gasteiger charge is -2.32. The van der Waals surface area contributed by atoms with Crippen LogP contribution in [0, 0.1) is 0 Å². The van der Waals surface area contributed by atoms with Crippen molar-refractivity contribution in [1.29, 1.82) is 0 Å². The zero-order chi connectivity index (χ0) is 11.3. The molecule has 0 radical (unpaired) electrons. The summed E-state index contributed by atoms with van der Waals surface area (Å²) in [6.45, 7) is 8.12. The van der Waals surface area contributed by atoms with Gasteiger partial charge in [0.1, 0.15) is 5.15 Å². The summed E-state index contributed by atoms with van der Waals surface area (Å²) in [4.78, 5) is 2.91. The van der Waals surface area contributed by atoms with Crippen molar-refractivity contribution in [3.05, 3.63) is 17.4 Å². The van der Waals surface area contributed by atoms with Crippen molar-refractivity contribution in [2.24, 2.45) is 0 Å². The summed E-state index contributed by atoms with van der Waals surface area (Å²) < 4.78 is 11.7. The van der Waals surface area contributed by atoms with Gasteiger partial charge in [0, 0.05) is 11.7 Å². The van der Waals surface area contributed by atoms with Crippen molar-refractivity contribution >= 4 is 24.2 Å². The fourth-order valence-corrected chi connectivity index (χ4v) is 1.68. The Kier molecular flexibility index (Phi) is 2.41. The Bertz CT molecular complexity index is 359. The largest absolute Gasteiger partial charge is 0.496 e. The molecular weight excluding hydrogens is 212 g/mol. The zero-order valence-corrected chi connectivity index (χ0v) is 10.2. The molecule has 2 heterocycles. The van der Waals surface area contributed by atoms with E-state index in [4.69, 9.17) is 20.9 Å². The summed E-state index contributed by atoms with van der Waals surface area (Å²) in [5, 5.41) is 0.597. The van der Waals surface area contributed by atoms with E-state index in [1.165, 1.54) is 0 Å². The molecule has 0 atom stereocenters. The van der Waals surface area contributed by atoms with Crippen LogP contribution in [-0.2, 0) is 9.31 Å². The Morgan fingerprint density at radius 2 is 1.73 bits per heavy atom. The second-order valence-electron chi connectivity index (χ2n) is 4.87. The van der Waals surface area contributed by atoms with Crippen LogP contribution in [0.1, 0.15) is 27.7 Å². The first-order chi connectivity index (χ1) is 6.82. The fraction of sp³-hybridized carbons (Fsp3) is 0.600. The predicted molar refractivity (Wildman–Crippen MR) is 61.5 cm³/mol. The molecule has 1 aromatic rings. The molecule has 0 unspecified atom stereocenters. The zero-order valence-electron chi connectivity index (χ0n) is 9.43. The molecule has 0 bridgehead atoms. The van der Waals surface area contributed by atoms with Gasteiger partial charge < -0.3 is 14.3 Å². The summed E-state index contributed by atoms with van der Waals surface area (Å²) in [6, 6.07) is 1.82. The van der Waals surface area contributed by atoms with E-state index in [9.17, 15) is 0 Å². The lowest BCUT2D eigenvalue weighted by molar-refractivity contribution is 0.00578. The molecule has 15 heavy (non-hydrogen) atoms. The number of aromatic nitrogens is 1. The van der Waals surface area contributed by atoms with Crippen LogP contribution in [0.25, 0.3) is 0 Å². The van der Waals surface area contributed by atoms with E-state index >= 15 is 0 Å². The first-order valence-corrected chi connectivity index (χ1v) is 5.39. The second kappa shape index (κ2) is 3.27. The lowest BCUT2D eigenvalue weighted by atomic mass is 9.81. The van der Waals surface area contributed by atoms with Gasteiger partial charge in [-0.25, -0.2) is 0 Å². The molecule has 82 valence electrons. The number of nitrogens with one attached hydrogen (secondary N) is 1. The predicted octanol–water partition coefficient (Wildman–Crippen LogP) is 1.97. The molecule has 1 aliphatic heterocycles. The Labute approximate surface area is 95.2 Å². The molecule has 0 saturated carbocycles. The number of rotatable bonds is 1. The van der Waals surface area contributed by atoms with E-state index in [1.54, 1.807) is 0 Å². The van der Waals surface area contributed by atoms with Gasteiger partial charge in [-0.1, -0.05) is 11.6 Å². The van der Waals surface area contributed by atoms with E-state index in [-0.39, 0.29) is 18.3 Å². The highest BCUT2D eigenvalue weighted by Gasteiger charge is 2.51. The Morgan fingerprint density at radius 3 is 2.13 bits per heavy atom. The third kappa shape index (κ3) is 1.82. The molecule has 0 aromatic carbocycles. The average Bonchev–Trinajstić information content (AvgIpc) is 2.56. The van der Waals surface area contributed by atoms with Gasteiger partial charge in [0.25, 0.3) is 0 Å². The van der Waals surface area contributed by atoms with Gasteiger partial charge in [-0.15, -0.1) is 0 Å². The van der Waals surface area contributed by atoms with Gasteiger partial charge in [-0.3, -0.25) is 0 Å². The Morgan fingerprint density at radius 1 is 1.20 bits per heavy atom. The van der Waals surface area contributed by atoms with Crippen molar-refractivity contribution in [2.75, 3.05) is 0 Å². The molecular formula is C10H15BClNO2. The maximum absolute atomic E-state index is 5.86. The molecule has 2 rings (SSSR count). The average molecular weight is 228 g/mol. The minimum atomic E-state index is -0.334. The summed E-state index contributed by atoms with van der Waals surface area (Å²) in [7, 11) is -0.334. The molecule has 3 nitrogen and oxygen atoms in total. The van der Waals surface area contributed by atoms with Gasteiger partial charge in [-0.05, 0) is 33.8 Å². The van der Waals surface area contributed by atoms with Gasteiger partial charge in [0.15, 0.2) is 0 Å². The number of halogens is 1. The van der Waals surface area contributed by atoms with Crippen LogP contribution in [0.2, 0.25) is 5.15 Å². The van der Waals surface area contributed by atoms with E-state index in [1.807, 2.05) is 40.0 Å². The number of hydrogen-bond acceptors (Lipinski definition) is 2. The molecule has 1 fully saturated rings. The second-order valence-corrected chi connectivity index (χ2v) is 5.28. The standard InChI is InChI=1S/C10H15BClNO2/c1-9(2)10(3,4)15-11(14-9)7-5-8(12)13-6-7/h5-6,13H,1-4H3. The van der Waals surface area contributed by atoms with Crippen LogP contribution in [-0.4, -0.2) is 23.3 Å². The first-order valence-electron chi connectivity index (χ1n) is 5.01.